The number of carbonyl (C=O) groups is 1. The van der Waals surface area contributed by atoms with E-state index in [1.54, 1.807) is 0 Å². The van der Waals surface area contributed by atoms with Crippen LogP contribution in [-0.2, 0) is 9.53 Å². The van der Waals surface area contributed by atoms with E-state index in [1.807, 2.05) is 0 Å². The second-order valence-corrected chi connectivity index (χ2v) is 3.60. The van der Waals surface area contributed by atoms with Crippen LogP contribution in [-0.4, -0.2) is 31.1 Å². The number of aldehydes is 1. The molecule has 3 nitrogen and oxygen atoms in total. The van der Waals surface area contributed by atoms with Gasteiger partial charge < -0.3 is 14.8 Å². The SMILES string of the molecule is CC1(C)CO[C@@H](CC=O)CN1. The molecule has 1 N–H and O–H groups in total. The molecule has 1 aliphatic rings. The van der Waals surface area contributed by atoms with Crippen LogP contribution < -0.4 is 5.32 Å². The lowest BCUT2D eigenvalue weighted by Crippen LogP contribution is -2.53. The highest BCUT2D eigenvalue weighted by Crippen LogP contribution is 2.11. The van der Waals surface area contributed by atoms with Crippen molar-refractivity contribution in [1.29, 1.82) is 0 Å². The van der Waals surface area contributed by atoms with Crippen LogP contribution in [0, 0.1) is 0 Å². The van der Waals surface area contributed by atoms with Crippen LogP contribution in [0.2, 0.25) is 0 Å². The lowest BCUT2D eigenvalue weighted by molar-refractivity contribution is -0.112. The maximum Gasteiger partial charge on any atom is 0.122 e. The molecule has 3 heteroatoms. The Morgan fingerprint density at radius 2 is 2.45 bits per heavy atom. The van der Waals surface area contributed by atoms with Gasteiger partial charge in [0.05, 0.1) is 12.7 Å². The van der Waals surface area contributed by atoms with Gasteiger partial charge in [0, 0.05) is 18.5 Å². The lowest BCUT2D eigenvalue weighted by atomic mass is 10.0. The van der Waals surface area contributed by atoms with Crippen molar-refractivity contribution in [2.75, 3.05) is 13.2 Å². The topological polar surface area (TPSA) is 38.3 Å². The number of hydrogen-bond donors (Lipinski definition) is 1. The first-order valence-electron chi connectivity index (χ1n) is 3.94. The van der Waals surface area contributed by atoms with Crippen LogP contribution in [0.4, 0.5) is 0 Å². The van der Waals surface area contributed by atoms with Gasteiger partial charge in [0.25, 0.3) is 0 Å². The smallest absolute Gasteiger partial charge is 0.122 e. The summed E-state index contributed by atoms with van der Waals surface area (Å²) in [5.74, 6) is 0. The number of carbonyl (C=O) groups excluding carboxylic acids is 1. The van der Waals surface area contributed by atoms with E-state index in [0.717, 1.165) is 12.8 Å². The second-order valence-electron chi connectivity index (χ2n) is 3.60. The van der Waals surface area contributed by atoms with E-state index >= 15 is 0 Å². The molecule has 0 aliphatic carbocycles. The molecule has 1 heterocycles. The van der Waals surface area contributed by atoms with Gasteiger partial charge in [0.1, 0.15) is 6.29 Å². The molecule has 0 aromatic carbocycles. The fourth-order valence-corrected chi connectivity index (χ4v) is 1.08. The van der Waals surface area contributed by atoms with Crippen molar-refractivity contribution in [2.45, 2.75) is 31.9 Å². The Morgan fingerprint density at radius 1 is 1.73 bits per heavy atom. The second kappa shape index (κ2) is 3.32. The molecule has 0 radical (unpaired) electrons. The van der Waals surface area contributed by atoms with Crippen LogP contribution in [0.5, 0.6) is 0 Å². The Balaban J connectivity index is 2.30. The van der Waals surface area contributed by atoms with Crippen LogP contribution in [0.1, 0.15) is 20.3 Å². The summed E-state index contributed by atoms with van der Waals surface area (Å²) in [4.78, 5) is 10.1. The molecule has 1 saturated heterocycles. The van der Waals surface area contributed by atoms with Crippen molar-refractivity contribution in [3.05, 3.63) is 0 Å². The van der Waals surface area contributed by atoms with Crippen LogP contribution in [0.15, 0.2) is 0 Å². The minimum atomic E-state index is 0.0688. The molecular weight excluding hydrogens is 142 g/mol. The Bertz CT molecular complexity index is 135. The predicted octanol–water partition coefficient (Wildman–Crippen LogP) is 0.342. The minimum Gasteiger partial charge on any atom is -0.375 e. The summed E-state index contributed by atoms with van der Waals surface area (Å²) in [5, 5.41) is 3.31. The number of ether oxygens (including phenoxy) is 1. The lowest BCUT2D eigenvalue weighted by Gasteiger charge is -2.35. The van der Waals surface area contributed by atoms with Gasteiger partial charge in [-0.3, -0.25) is 0 Å². The van der Waals surface area contributed by atoms with Gasteiger partial charge in [-0.25, -0.2) is 0 Å². The first-order chi connectivity index (χ1) is 5.14. The highest BCUT2D eigenvalue weighted by atomic mass is 16.5. The van der Waals surface area contributed by atoms with Gasteiger partial charge in [0.2, 0.25) is 0 Å². The van der Waals surface area contributed by atoms with E-state index in [0.29, 0.717) is 13.0 Å². The molecule has 1 aliphatic heterocycles. The third kappa shape index (κ3) is 2.60. The Morgan fingerprint density at radius 3 is 2.91 bits per heavy atom. The van der Waals surface area contributed by atoms with Gasteiger partial charge >= 0.3 is 0 Å². The van der Waals surface area contributed by atoms with E-state index in [9.17, 15) is 4.79 Å². The molecule has 0 spiro atoms. The van der Waals surface area contributed by atoms with Crippen molar-refractivity contribution >= 4 is 6.29 Å². The molecule has 0 aromatic rings. The molecule has 0 bridgehead atoms. The normalized spacial score (nSPS) is 29.8. The molecule has 1 atom stereocenters. The quantitative estimate of drug-likeness (QED) is 0.587. The Labute approximate surface area is 67.1 Å². The summed E-state index contributed by atoms with van der Waals surface area (Å²) < 4.78 is 5.44. The average molecular weight is 157 g/mol. The van der Waals surface area contributed by atoms with Crippen molar-refractivity contribution in [1.82, 2.24) is 5.32 Å². The van der Waals surface area contributed by atoms with Crippen molar-refractivity contribution in [3.8, 4) is 0 Å². The van der Waals surface area contributed by atoms with Crippen molar-refractivity contribution < 1.29 is 9.53 Å². The van der Waals surface area contributed by atoms with E-state index in [1.165, 1.54) is 0 Å². The third-order valence-electron chi connectivity index (χ3n) is 1.85. The average Bonchev–Trinajstić information content (AvgIpc) is 1.94. The zero-order chi connectivity index (χ0) is 8.32. The first kappa shape index (κ1) is 8.68. The van der Waals surface area contributed by atoms with Crippen molar-refractivity contribution in [3.63, 3.8) is 0 Å². The zero-order valence-electron chi connectivity index (χ0n) is 7.09. The summed E-state index contributed by atoms with van der Waals surface area (Å²) in [6.07, 6.45) is 1.49. The number of rotatable bonds is 2. The van der Waals surface area contributed by atoms with E-state index in [4.69, 9.17) is 4.74 Å². The predicted molar refractivity (Wildman–Crippen MR) is 42.5 cm³/mol. The summed E-state index contributed by atoms with van der Waals surface area (Å²) in [6, 6.07) is 0. The minimum absolute atomic E-state index is 0.0688. The van der Waals surface area contributed by atoms with Gasteiger partial charge in [0.15, 0.2) is 0 Å². The molecule has 0 saturated carbocycles. The maximum absolute atomic E-state index is 10.1. The number of hydrogen-bond acceptors (Lipinski definition) is 3. The Hall–Kier alpha value is -0.410. The number of morpholine rings is 1. The van der Waals surface area contributed by atoms with Crippen LogP contribution in [0.25, 0.3) is 0 Å². The molecule has 0 aromatic heterocycles. The number of nitrogens with one attached hydrogen (secondary N) is 1. The fraction of sp³-hybridized carbons (Fsp3) is 0.875. The van der Waals surface area contributed by atoms with Crippen LogP contribution in [0.3, 0.4) is 0 Å². The maximum atomic E-state index is 10.1. The van der Waals surface area contributed by atoms with Gasteiger partial charge in [-0.15, -0.1) is 0 Å². The molecule has 64 valence electrons. The Kier molecular flexibility index (Phi) is 2.62. The molecule has 0 amide bonds. The molecule has 0 unspecified atom stereocenters. The highest BCUT2D eigenvalue weighted by Gasteiger charge is 2.25. The third-order valence-corrected chi connectivity index (χ3v) is 1.85. The fourth-order valence-electron chi connectivity index (χ4n) is 1.08. The van der Waals surface area contributed by atoms with E-state index < -0.39 is 0 Å². The van der Waals surface area contributed by atoms with Gasteiger partial charge in [-0.2, -0.15) is 0 Å². The first-order valence-corrected chi connectivity index (χ1v) is 3.94. The molecule has 1 rings (SSSR count). The largest absolute Gasteiger partial charge is 0.375 e. The molecule has 1 fully saturated rings. The molecular formula is C8H15NO2. The van der Waals surface area contributed by atoms with E-state index in [2.05, 4.69) is 19.2 Å². The van der Waals surface area contributed by atoms with Gasteiger partial charge in [-0.05, 0) is 13.8 Å². The summed E-state index contributed by atoms with van der Waals surface area (Å²) >= 11 is 0. The van der Waals surface area contributed by atoms with Crippen molar-refractivity contribution in [2.24, 2.45) is 0 Å². The summed E-state index contributed by atoms with van der Waals surface area (Å²) in [7, 11) is 0. The van der Waals surface area contributed by atoms with Crippen LogP contribution >= 0.6 is 0 Å². The van der Waals surface area contributed by atoms with Gasteiger partial charge in [-0.1, -0.05) is 0 Å². The summed E-state index contributed by atoms with van der Waals surface area (Å²) in [5.41, 5.74) is 0.0688. The van der Waals surface area contributed by atoms with E-state index in [-0.39, 0.29) is 11.6 Å². The monoisotopic (exact) mass is 157 g/mol. The summed E-state index contributed by atoms with van der Waals surface area (Å²) in [6.45, 7) is 5.64. The highest BCUT2D eigenvalue weighted by molar-refractivity contribution is 5.50. The molecule has 11 heavy (non-hydrogen) atoms. The standard InChI is InChI=1S/C8H15NO2/c1-8(2)6-11-7(3-4-10)5-9-8/h4,7,9H,3,5-6H2,1-2H3/t7-/m0/s1. The zero-order valence-corrected chi connectivity index (χ0v) is 7.09.